The number of hydrogen-bond acceptors (Lipinski definition) is 5. The summed E-state index contributed by atoms with van der Waals surface area (Å²) in [5.74, 6) is 0.373. The zero-order valence-electron chi connectivity index (χ0n) is 16.1. The van der Waals surface area contributed by atoms with Crippen LogP contribution < -0.4 is 10.1 Å². The lowest BCUT2D eigenvalue weighted by Crippen LogP contribution is -2.24. The van der Waals surface area contributed by atoms with E-state index in [0.29, 0.717) is 28.5 Å². The molecule has 2 aromatic carbocycles. The number of amides is 1. The lowest BCUT2D eigenvalue weighted by atomic mass is 10.1. The van der Waals surface area contributed by atoms with Crippen LogP contribution in [0.5, 0.6) is 5.75 Å². The first-order valence-electron chi connectivity index (χ1n) is 9.19. The molecule has 0 atom stereocenters. The molecular formula is C22H18ClN5O2. The third-order valence-electron chi connectivity index (χ3n) is 4.49. The Morgan fingerprint density at radius 1 is 1.13 bits per heavy atom. The van der Waals surface area contributed by atoms with Crippen molar-refractivity contribution in [1.29, 1.82) is 0 Å². The van der Waals surface area contributed by atoms with Crippen LogP contribution in [0.1, 0.15) is 16.1 Å². The van der Waals surface area contributed by atoms with Crippen molar-refractivity contribution in [1.82, 2.24) is 25.3 Å². The van der Waals surface area contributed by atoms with Gasteiger partial charge in [0.05, 0.1) is 17.8 Å². The SMILES string of the molecule is COc1cccc(CNC(=O)c2nnn(-c3ccccc3Cl)c2-c2cccnc2)c1. The summed E-state index contributed by atoms with van der Waals surface area (Å²) in [6.07, 6.45) is 3.32. The molecule has 2 aromatic heterocycles. The number of pyridine rings is 1. The van der Waals surface area contributed by atoms with Crippen molar-refractivity contribution in [2.24, 2.45) is 0 Å². The van der Waals surface area contributed by atoms with Crippen LogP contribution in [0.4, 0.5) is 0 Å². The highest BCUT2D eigenvalue weighted by Gasteiger charge is 2.23. The molecule has 0 bridgehead atoms. The fraction of sp³-hybridized carbons (Fsp3) is 0.0909. The molecule has 4 aromatic rings. The monoisotopic (exact) mass is 419 g/mol. The predicted molar refractivity (Wildman–Crippen MR) is 114 cm³/mol. The molecule has 1 N–H and O–H groups in total. The number of rotatable bonds is 6. The molecule has 0 aliphatic carbocycles. The fourth-order valence-electron chi connectivity index (χ4n) is 3.04. The van der Waals surface area contributed by atoms with Gasteiger partial charge >= 0.3 is 0 Å². The van der Waals surface area contributed by atoms with Gasteiger partial charge in [-0.15, -0.1) is 5.10 Å². The van der Waals surface area contributed by atoms with E-state index >= 15 is 0 Å². The third-order valence-corrected chi connectivity index (χ3v) is 4.81. The summed E-state index contributed by atoms with van der Waals surface area (Å²) >= 11 is 6.36. The van der Waals surface area contributed by atoms with E-state index in [1.807, 2.05) is 48.5 Å². The second kappa shape index (κ2) is 8.75. The molecule has 7 nitrogen and oxygen atoms in total. The Labute approximate surface area is 178 Å². The zero-order valence-corrected chi connectivity index (χ0v) is 16.9. The standard InChI is InChI=1S/C22H18ClN5O2/c1-30-17-8-4-6-15(12-17)13-25-22(29)20-21(16-7-5-11-24-14-16)28(27-26-20)19-10-3-2-9-18(19)23/h2-12,14H,13H2,1H3,(H,25,29). The first kappa shape index (κ1) is 19.6. The Hall–Kier alpha value is -3.71. The van der Waals surface area contributed by atoms with Gasteiger partial charge in [0.2, 0.25) is 0 Å². The highest BCUT2D eigenvalue weighted by atomic mass is 35.5. The second-order valence-electron chi connectivity index (χ2n) is 6.43. The van der Waals surface area contributed by atoms with Crippen LogP contribution in [0.2, 0.25) is 5.02 Å². The van der Waals surface area contributed by atoms with Crippen LogP contribution in [-0.4, -0.2) is 33.0 Å². The van der Waals surface area contributed by atoms with Gasteiger partial charge in [0.15, 0.2) is 5.69 Å². The maximum Gasteiger partial charge on any atom is 0.274 e. The first-order chi connectivity index (χ1) is 14.7. The number of hydrogen-bond donors (Lipinski definition) is 1. The van der Waals surface area contributed by atoms with Gasteiger partial charge in [0.25, 0.3) is 5.91 Å². The van der Waals surface area contributed by atoms with Gasteiger partial charge in [-0.05, 0) is 42.0 Å². The minimum Gasteiger partial charge on any atom is -0.497 e. The minimum atomic E-state index is -0.352. The van der Waals surface area contributed by atoms with Crippen molar-refractivity contribution in [3.05, 3.63) is 89.3 Å². The molecule has 1 amide bonds. The lowest BCUT2D eigenvalue weighted by molar-refractivity contribution is 0.0946. The van der Waals surface area contributed by atoms with E-state index in [1.165, 1.54) is 0 Å². The number of carbonyl (C=O) groups excluding carboxylic acids is 1. The van der Waals surface area contributed by atoms with Crippen molar-refractivity contribution >= 4 is 17.5 Å². The largest absolute Gasteiger partial charge is 0.497 e. The minimum absolute atomic E-state index is 0.186. The molecule has 0 saturated carbocycles. The van der Waals surface area contributed by atoms with E-state index < -0.39 is 0 Å². The Morgan fingerprint density at radius 3 is 2.77 bits per heavy atom. The molecule has 150 valence electrons. The Bertz CT molecular complexity index is 1180. The number of halogens is 1. The van der Waals surface area contributed by atoms with Gasteiger partial charge in [-0.1, -0.05) is 41.1 Å². The van der Waals surface area contributed by atoms with Gasteiger partial charge < -0.3 is 10.1 Å². The van der Waals surface area contributed by atoms with Gasteiger partial charge in [-0.25, -0.2) is 4.68 Å². The average Bonchev–Trinajstić information content (AvgIpc) is 3.23. The zero-order chi connectivity index (χ0) is 20.9. The number of nitrogens with zero attached hydrogens (tertiary/aromatic N) is 4. The molecule has 0 aliphatic heterocycles. The van der Waals surface area contributed by atoms with Crippen LogP contribution in [-0.2, 0) is 6.54 Å². The second-order valence-corrected chi connectivity index (χ2v) is 6.83. The van der Waals surface area contributed by atoms with Gasteiger partial charge in [-0.3, -0.25) is 9.78 Å². The summed E-state index contributed by atoms with van der Waals surface area (Å²) in [5.41, 5.74) is 2.93. The van der Waals surface area contributed by atoms with E-state index in [2.05, 4.69) is 20.6 Å². The predicted octanol–water partition coefficient (Wildman–Crippen LogP) is 3.92. The quantitative estimate of drug-likeness (QED) is 0.512. The number of carbonyl (C=O) groups is 1. The molecule has 0 fully saturated rings. The Balaban J connectivity index is 1.69. The molecular weight excluding hydrogens is 402 g/mol. The number of aromatic nitrogens is 4. The van der Waals surface area contributed by atoms with Gasteiger partial charge in [-0.2, -0.15) is 0 Å². The molecule has 2 heterocycles. The number of benzene rings is 2. The molecule has 0 unspecified atom stereocenters. The summed E-state index contributed by atoms with van der Waals surface area (Å²) in [6, 6.07) is 18.4. The summed E-state index contributed by atoms with van der Waals surface area (Å²) in [6.45, 7) is 0.321. The van der Waals surface area contributed by atoms with Crippen LogP contribution in [0.25, 0.3) is 16.9 Å². The molecule has 0 saturated heterocycles. The van der Waals surface area contributed by atoms with Crippen LogP contribution in [0.3, 0.4) is 0 Å². The summed E-state index contributed by atoms with van der Waals surface area (Å²) in [4.78, 5) is 17.1. The maximum absolute atomic E-state index is 13.0. The smallest absolute Gasteiger partial charge is 0.274 e. The van der Waals surface area contributed by atoms with Crippen LogP contribution >= 0.6 is 11.6 Å². The average molecular weight is 420 g/mol. The first-order valence-corrected chi connectivity index (χ1v) is 9.57. The number of nitrogens with one attached hydrogen (secondary N) is 1. The van der Waals surface area contributed by atoms with Crippen molar-refractivity contribution < 1.29 is 9.53 Å². The van der Waals surface area contributed by atoms with Gasteiger partial charge in [0, 0.05) is 24.5 Å². The van der Waals surface area contributed by atoms with Crippen molar-refractivity contribution in [2.45, 2.75) is 6.54 Å². The third kappa shape index (κ3) is 4.01. The van der Waals surface area contributed by atoms with Crippen molar-refractivity contribution in [3.63, 3.8) is 0 Å². The van der Waals surface area contributed by atoms with Gasteiger partial charge in [0.1, 0.15) is 11.4 Å². The number of para-hydroxylation sites is 1. The van der Waals surface area contributed by atoms with E-state index in [4.69, 9.17) is 16.3 Å². The maximum atomic E-state index is 13.0. The molecule has 0 aliphatic rings. The Morgan fingerprint density at radius 2 is 2.00 bits per heavy atom. The normalized spacial score (nSPS) is 10.6. The molecule has 8 heteroatoms. The summed E-state index contributed by atoms with van der Waals surface area (Å²) in [7, 11) is 1.60. The summed E-state index contributed by atoms with van der Waals surface area (Å²) in [5, 5.41) is 11.7. The lowest BCUT2D eigenvalue weighted by Gasteiger charge is -2.10. The van der Waals surface area contributed by atoms with E-state index in [9.17, 15) is 4.79 Å². The molecule has 0 spiro atoms. The fourth-order valence-corrected chi connectivity index (χ4v) is 3.25. The Kier molecular flexibility index (Phi) is 5.72. The topological polar surface area (TPSA) is 81.9 Å². The van der Waals surface area contributed by atoms with Crippen molar-refractivity contribution in [3.8, 4) is 22.7 Å². The van der Waals surface area contributed by atoms with Crippen LogP contribution in [0, 0.1) is 0 Å². The number of methoxy groups -OCH3 is 1. The molecule has 4 rings (SSSR count). The van der Waals surface area contributed by atoms with E-state index in [1.54, 1.807) is 36.3 Å². The molecule has 0 radical (unpaired) electrons. The van der Waals surface area contributed by atoms with E-state index in [0.717, 1.165) is 11.3 Å². The number of ether oxygens (including phenoxy) is 1. The highest BCUT2D eigenvalue weighted by Crippen LogP contribution is 2.28. The molecule has 30 heavy (non-hydrogen) atoms. The van der Waals surface area contributed by atoms with E-state index in [-0.39, 0.29) is 11.6 Å². The highest BCUT2D eigenvalue weighted by molar-refractivity contribution is 6.32. The van der Waals surface area contributed by atoms with Crippen LogP contribution in [0.15, 0.2) is 73.1 Å². The summed E-state index contributed by atoms with van der Waals surface area (Å²) < 4.78 is 6.78. The van der Waals surface area contributed by atoms with Crippen molar-refractivity contribution in [2.75, 3.05) is 7.11 Å².